The van der Waals surface area contributed by atoms with Gasteiger partial charge in [-0.2, -0.15) is 0 Å². The molecule has 0 atom stereocenters. The molecule has 0 saturated carbocycles. The molecule has 2 aromatic carbocycles. The predicted octanol–water partition coefficient (Wildman–Crippen LogP) is 5.15. The van der Waals surface area contributed by atoms with Gasteiger partial charge in [0.1, 0.15) is 4.99 Å². The first kappa shape index (κ1) is 15.1. The molecule has 0 radical (unpaired) electrons. The van der Waals surface area contributed by atoms with Crippen LogP contribution in [-0.4, -0.2) is 11.7 Å². The highest BCUT2D eigenvalue weighted by molar-refractivity contribution is 7.81. The van der Waals surface area contributed by atoms with E-state index in [4.69, 9.17) is 12.2 Å². The van der Waals surface area contributed by atoms with Crippen LogP contribution in [0.5, 0.6) is 0 Å². The molecule has 3 heteroatoms. The largest absolute Gasteiger partial charge is 0.344 e. The van der Waals surface area contributed by atoms with Gasteiger partial charge in [0.25, 0.3) is 0 Å². The van der Waals surface area contributed by atoms with Crippen molar-refractivity contribution in [2.45, 2.75) is 13.8 Å². The zero-order valence-corrected chi connectivity index (χ0v) is 13.1. The van der Waals surface area contributed by atoms with E-state index in [1.807, 2.05) is 61.5 Å². The summed E-state index contributed by atoms with van der Waals surface area (Å²) in [5.41, 5.74) is 4.90. The number of nitrogens with one attached hydrogen (secondary N) is 1. The summed E-state index contributed by atoms with van der Waals surface area (Å²) in [7, 11) is 0. The molecule has 1 N–H and O–H groups in total. The molecule has 0 unspecified atom stereocenters. The first-order valence-corrected chi connectivity index (χ1v) is 7.17. The number of aliphatic imine (C=N–C) groups is 1. The van der Waals surface area contributed by atoms with Crippen molar-refractivity contribution >= 4 is 41.4 Å². The Morgan fingerprint density at radius 2 is 1.90 bits per heavy atom. The summed E-state index contributed by atoms with van der Waals surface area (Å²) in [5.74, 6) is 0. The number of allylic oxidation sites excluding steroid dienone is 1. The van der Waals surface area contributed by atoms with Crippen molar-refractivity contribution in [2.24, 2.45) is 4.99 Å². The predicted molar refractivity (Wildman–Crippen MR) is 96.9 cm³/mol. The smallest absolute Gasteiger partial charge is 0.111 e. The number of aryl methyl sites for hydroxylation is 1. The van der Waals surface area contributed by atoms with E-state index in [-0.39, 0.29) is 0 Å². The molecule has 0 heterocycles. The van der Waals surface area contributed by atoms with Gasteiger partial charge < -0.3 is 5.32 Å². The molecule has 0 aliphatic heterocycles. The number of para-hydroxylation sites is 1. The van der Waals surface area contributed by atoms with Gasteiger partial charge in [-0.25, -0.2) is 0 Å². The maximum atomic E-state index is 5.47. The molecular formula is C18H18N2S. The fourth-order valence-corrected chi connectivity index (χ4v) is 2.30. The molecule has 0 amide bonds. The average Bonchev–Trinajstić information content (AvgIpc) is 2.48. The maximum Gasteiger partial charge on any atom is 0.111 e. The third-order valence-corrected chi connectivity index (χ3v) is 3.47. The molecule has 0 fully saturated rings. The number of anilines is 1. The zero-order chi connectivity index (χ0) is 15.2. The number of hydrogen-bond acceptors (Lipinski definition) is 2. The van der Waals surface area contributed by atoms with Gasteiger partial charge in [0, 0.05) is 11.1 Å². The molecule has 0 bridgehead atoms. The molecule has 0 aromatic heterocycles. The van der Waals surface area contributed by atoms with E-state index in [0.29, 0.717) is 4.99 Å². The fraction of sp³-hybridized carbons (Fsp3) is 0.111. The molecule has 0 saturated heterocycles. The molecule has 0 aliphatic carbocycles. The average molecular weight is 294 g/mol. The van der Waals surface area contributed by atoms with Gasteiger partial charge in [-0.3, -0.25) is 4.99 Å². The molecule has 2 rings (SSSR count). The third kappa shape index (κ3) is 3.64. The first-order valence-electron chi connectivity index (χ1n) is 6.76. The minimum atomic E-state index is 0.678. The number of benzene rings is 2. The molecule has 0 aliphatic rings. The Balaban J connectivity index is 2.31. The van der Waals surface area contributed by atoms with Crippen LogP contribution in [0, 0.1) is 6.92 Å². The molecule has 2 aromatic rings. The van der Waals surface area contributed by atoms with E-state index in [2.05, 4.69) is 24.0 Å². The Kier molecular flexibility index (Phi) is 5.01. The van der Waals surface area contributed by atoms with Gasteiger partial charge >= 0.3 is 0 Å². The lowest BCUT2D eigenvalue weighted by Gasteiger charge is -2.12. The molecular weight excluding hydrogens is 276 g/mol. The van der Waals surface area contributed by atoms with Crippen LogP contribution in [0.15, 0.2) is 53.5 Å². The van der Waals surface area contributed by atoms with Crippen molar-refractivity contribution < 1.29 is 0 Å². The first-order chi connectivity index (χ1) is 10.2. The lowest BCUT2D eigenvalue weighted by atomic mass is 10.1. The van der Waals surface area contributed by atoms with Crippen LogP contribution >= 0.6 is 12.2 Å². The van der Waals surface area contributed by atoms with Crippen LogP contribution in [-0.2, 0) is 0 Å². The maximum absolute atomic E-state index is 5.47. The highest BCUT2D eigenvalue weighted by atomic mass is 32.1. The number of rotatable bonds is 4. The van der Waals surface area contributed by atoms with Crippen LogP contribution in [0.2, 0.25) is 0 Å². The number of thiocarbonyl (C=S) groups is 1. The number of nitrogens with zero attached hydrogens (tertiary/aromatic N) is 1. The SMILES string of the molecule is C=Nc1c(/C=C\C)cccc1NC(=S)c1ccc(C)cc1. The zero-order valence-electron chi connectivity index (χ0n) is 12.3. The quantitative estimate of drug-likeness (QED) is 0.623. The Morgan fingerprint density at radius 3 is 2.52 bits per heavy atom. The lowest BCUT2D eigenvalue weighted by Crippen LogP contribution is -2.10. The lowest BCUT2D eigenvalue weighted by molar-refractivity contribution is 1.46. The van der Waals surface area contributed by atoms with Crippen LogP contribution in [0.25, 0.3) is 6.08 Å². The molecule has 0 spiro atoms. The van der Waals surface area contributed by atoms with Crippen molar-refractivity contribution in [2.75, 3.05) is 5.32 Å². The van der Waals surface area contributed by atoms with E-state index in [0.717, 1.165) is 22.5 Å². The van der Waals surface area contributed by atoms with Crippen molar-refractivity contribution in [1.29, 1.82) is 0 Å². The Labute approximate surface area is 131 Å². The van der Waals surface area contributed by atoms with Crippen LogP contribution in [0.1, 0.15) is 23.6 Å². The van der Waals surface area contributed by atoms with Crippen molar-refractivity contribution in [3.05, 3.63) is 65.2 Å². The summed E-state index contributed by atoms with van der Waals surface area (Å²) in [6.45, 7) is 7.69. The van der Waals surface area contributed by atoms with Gasteiger partial charge in [0.15, 0.2) is 0 Å². The van der Waals surface area contributed by atoms with Gasteiger partial charge in [0.2, 0.25) is 0 Å². The monoisotopic (exact) mass is 294 g/mol. The summed E-state index contributed by atoms with van der Waals surface area (Å²) in [4.78, 5) is 4.80. The highest BCUT2D eigenvalue weighted by Gasteiger charge is 2.07. The van der Waals surface area contributed by atoms with Gasteiger partial charge in [-0.05, 0) is 26.6 Å². The van der Waals surface area contributed by atoms with E-state index in [9.17, 15) is 0 Å². The highest BCUT2D eigenvalue weighted by Crippen LogP contribution is 2.30. The summed E-state index contributed by atoms with van der Waals surface area (Å²) in [6, 6.07) is 14.1. The molecule has 21 heavy (non-hydrogen) atoms. The topological polar surface area (TPSA) is 24.4 Å². The second kappa shape index (κ2) is 6.95. The summed E-state index contributed by atoms with van der Waals surface area (Å²) in [5, 5.41) is 3.26. The Bertz CT molecular complexity index is 685. The van der Waals surface area contributed by atoms with Gasteiger partial charge in [-0.15, -0.1) is 0 Å². The Hall–Kier alpha value is -2.26. The Morgan fingerprint density at radius 1 is 1.19 bits per heavy atom. The van der Waals surface area contributed by atoms with Crippen LogP contribution < -0.4 is 5.32 Å². The van der Waals surface area contributed by atoms with Gasteiger partial charge in [0.05, 0.1) is 11.4 Å². The van der Waals surface area contributed by atoms with Crippen LogP contribution in [0.3, 0.4) is 0 Å². The second-order valence-corrected chi connectivity index (χ2v) is 5.13. The molecule has 2 nitrogen and oxygen atoms in total. The molecule has 106 valence electrons. The van der Waals surface area contributed by atoms with E-state index in [1.165, 1.54) is 5.56 Å². The number of hydrogen-bond donors (Lipinski definition) is 1. The normalized spacial score (nSPS) is 10.6. The summed E-state index contributed by atoms with van der Waals surface area (Å²) >= 11 is 5.47. The van der Waals surface area contributed by atoms with Crippen molar-refractivity contribution in [1.82, 2.24) is 0 Å². The van der Waals surface area contributed by atoms with Crippen LogP contribution in [0.4, 0.5) is 11.4 Å². The van der Waals surface area contributed by atoms with E-state index >= 15 is 0 Å². The van der Waals surface area contributed by atoms with Crippen molar-refractivity contribution in [3.8, 4) is 0 Å². The van der Waals surface area contributed by atoms with E-state index in [1.54, 1.807) is 0 Å². The van der Waals surface area contributed by atoms with Gasteiger partial charge in [-0.1, -0.05) is 66.3 Å². The third-order valence-electron chi connectivity index (χ3n) is 3.13. The second-order valence-electron chi connectivity index (χ2n) is 4.72. The minimum Gasteiger partial charge on any atom is -0.344 e. The van der Waals surface area contributed by atoms with Crippen molar-refractivity contribution in [3.63, 3.8) is 0 Å². The summed E-state index contributed by atoms with van der Waals surface area (Å²) < 4.78 is 0. The standard InChI is InChI=1S/C18H18N2S/c1-4-6-14-7-5-8-16(17(14)19-3)20-18(21)15-11-9-13(2)10-12-15/h4-12H,3H2,1-2H3,(H,20,21)/b6-4-. The fourth-order valence-electron chi connectivity index (χ4n) is 2.05. The minimum absolute atomic E-state index is 0.678. The summed E-state index contributed by atoms with van der Waals surface area (Å²) in [6.07, 6.45) is 3.98. The van der Waals surface area contributed by atoms with E-state index < -0.39 is 0 Å².